The quantitative estimate of drug-likeness (QED) is 0.396. The number of carbonyl (C=O) groups is 3. The Labute approximate surface area is 126 Å². The number of hydrogen-bond donors (Lipinski definition) is 4. The molecule has 0 rings (SSSR count). The molecule has 0 aromatic heterocycles. The van der Waals surface area contributed by atoms with E-state index < -0.39 is 12.1 Å². The predicted octanol–water partition coefficient (Wildman–Crippen LogP) is -0.711. The van der Waals surface area contributed by atoms with E-state index in [2.05, 4.69) is 10.6 Å². The van der Waals surface area contributed by atoms with Crippen molar-refractivity contribution in [3.8, 4) is 0 Å². The molecule has 0 saturated carbocycles. The molecule has 7 nitrogen and oxygen atoms in total. The number of Topliss-reactive ketones (excluding diaryl/α,β-unsaturated/α-hetero) is 1. The smallest absolute Gasteiger partial charge is 0.242 e. The summed E-state index contributed by atoms with van der Waals surface area (Å²) in [6, 6.07) is -1.35. The Morgan fingerprint density at radius 2 is 1.71 bits per heavy atom. The van der Waals surface area contributed by atoms with Crippen LogP contribution in [0.2, 0.25) is 0 Å². The molecule has 0 aromatic carbocycles. The summed E-state index contributed by atoms with van der Waals surface area (Å²) in [4.78, 5) is 34.9. The van der Waals surface area contributed by atoms with Gasteiger partial charge < -0.3 is 22.1 Å². The third kappa shape index (κ3) is 8.41. The number of carbonyl (C=O) groups excluding carboxylic acids is 3. The average Bonchev–Trinajstić information content (AvgIpc) is 2.42. The number of unbranched alkanes of at least 4 members (excludes halogenated alkanes) is 1. The van der Waals surface area contributed by atoms with Gasteiger partial charge in [-0.1, -0.05) is 13.8 Å². The topological polar surface area (TPSA) is 127 Å². The minimum Gasteiger partial charge on any atom is -0.347 e. The lowest BCUT2D eigenvalue weighted by atomic mass is 10.0. The van der Waals surface area contributed by atoms with Crippen LogP contribution in [0.5, 0.6) is 0 Å². The van der Waals surface area contributed by atoms with Gasteiger partial charge in [-0.15, -0.1) is 0 Å². The first kappa shape index (κ1) is 19.5. The monoisotopic (exact) mass is 300 g/mol. The van der Waals surface area contributed by atoms with Crippen LogP contribution in [-0.2, 0) is 14.4 Å². The number of rotatable bonds is 10. The molecular formula is C14H28N4O3. The molecule has 0 aliphatic heterocycles. The summed E-state index contributed by atoms with van der Waals surface area (Å²) in [7, 11) is 0. The van der Waals surface area contributed by atoms with Crippen molar-refractivity contribution in [3.05, 3.63) is 0 Å². The Hall–Kier alpha value is -1.47. The molecule has 0 radical (unpaired) electrons. The highest BCUT2D eigenvalue weighted by Gasteiger charge is 2.24. The van der Waals surface area contributed by atoms with Gasteiger partial charge in [-0.05, 0) is 38.6 Å². The highest BCUT2D eigenvalue weighted by molar-refractivity contribution is 5.91. The maximum absolute atomic E-state index is 12.0. The molecule has 0 heterocycles. The lowest BCUT2D eigenvalue weighted by Gasteiger charge is -2.22. The SMILES string of the molecule is CC(=O)CNC(=O)C(CCCCN)NC(=O)C(N)C(C)C. The summed E-state index contributed by atoms with van der Waals surface area (Å²) in [5, 5.41) is 5.16. The summed E-state index contributed by atoms with van der Waals surface area (Å²) in [6.45, 7) is 5.55. The zero-order valence-corrected chi connectivity index (χ0v) is 13.1. The van der Waals surface area contributed by atoms with Crippen LogP contribution in [0.1, 0.15) is 40.0 Å². The van der Waals surface area contributed by atoms with Crippen LogP contribution in [0.3, 0.4) is 0 Å². The summed E-state index contributed by atoms with van der Waals surface area (Å²) in [6.07, 6.45) is 1.95. The molecule has 2 atom stereocenters. The minimum atomic E-state index is -0.687. The number of amides is 2. The molecule has 0 aromatic rings. The zero-order valence-electron chi connectivity index (χ0n) is 13.1. The van der Waals surface area contributed by atoms with E-state index in [0.29, 0.717) is 19.4 Å². The van der Waals surface area contributed by atoms with Crippen LogP contribution in [0, 0.1) is 5.92 Å². The highest BCUT2D eigenvalue weighted by atomic mass is 16.2. The fraction of sp³-hybridized carbons (Fsp3) is 0.786. The first-order chi connectivity index (χ1) is 9.79. The molecular weight excluding hydrogens is 272 g/mol. The highest BCUT2D eigenvalue weighted by Crippen LogP contribution is 2.04. The van der Waals surface area contributed by atoms with Gasteiger partial charge in [0, 0.05) is 0 Å². The summed E-state index contributed by atoms with van der Waals surface area (Å²) >= 11 is 0. The molecule has 0 aliphatic carbocycles. The Morgan fingerprint density at radius 3 is 2.19 bits per heavy atom. The van der Waals surface area contributed by atoms with Crippen molar-refractivity contribution in [2.75, 3.05) is 13.1 Å². The molecule has 0 spiro atoms. The largest absolute Gasteiger partial charge is 0.347 e. The van der Waals surface area contributed by atoms with Gasteiger partial charge in [0.15, 0.2) is 0 Å². The fourth-order valence-electron chi connectivity index (χ4n) is 1.67. The second kappa shape index (κ2) is 10.3. The van der Waals surface area contributed by atoms with E-state index in [-0.39, 0.29) is 30.1 Å². The van der Waals surface area contributed by atoms with Crippen LogP contribution >= 0.6 is 0 Å². The van der Waals surface area contributed by atoms with Gasteiger partial charge in [0.2, 0.25) is 11.8 Å². The lowest BCUT2D eigenvalue weighted by molar-refractivity contribution is -0.131. The van der Waals surface area contributed by atoms with Crippen LogP contribution in [0.25, 0.3) is 0 Å². The zero-order chi connectivity index (χ0) is 16.4. The van der Waals surface area contributed by atoms with Crippen LogP contribution in [0.4, 0.5) is 0 Å². The van der Waals surface area contributed by atoms with Crippen molar-refractivity contribution >= 4 is 17.6 Å². The van der Waals surface area contributed by atoms with Crippen LogP contribution < -0.4 is 22.1 Å². The van der Waals surface area contributed by atoms with E-state index in [1.165, 1.54) is 6.92 Å². The van der Waals surface area contributed by atoms with Gasteiger partial charge in [-0.3, -0.25) is 14.4 Å². The number of hydrogen-bond acceptors (Lipinski definition) is 5. The van der Waals surface area contributed by atoms with Crippen molar-refractivity contribution in [2.45, 2.75) is 52.1 Å². The van der Waals surface area contributed by atoms with Crippen molar-refractivity contribution in [3.63, 3.8) is 0 Å². The van der Waals surface area contributed by atoms with E-state index >= 15 is 0 Å². The molecule has 0 saturated heterocycles. The van der Waals surface area contributed by atoms with Crippen LogP contribution in [0.15, 0.2) is 0 Å². The third-order valence-corrected chi connectivity index (χ3v) is 3.11. The van der Waals surface area contributed by atoms with Gasteiger partial charge in [-0.2, -0.15) is 0 Å². The average molecular weight is 300 g/mol. The number of nitrogens with two attached hydrogens (primary N) is 2. The first-order valence-corrected chi connectivity index (χ1v) is 7.32. The fourth-order valence-corrected chi connectivity index (χ4v) is 1.67. The molecule has 6 N–H and O–H groups in total. The number of ketones is 1. The molecule has 0 fully saturated rings. The molecule has 21 heavy (non-hydrogen) atoms. The number of nitrogens with one attached hydrogen (secondary N) is 2. The normalized spacial score (nSPS) is 13.6. The molecule has 2 amide bonds. The standard InChI is InChI=1S/C14H28N4O3/c1-9(2)12(16)14(21)18-11(6-4-5-7-15)13(20)17-8-10(3)19/h9,11-12H,4-8,15-16H2,1-3H3,(H,17,20)(H,18,21). The van der Waals surface area contributed by atoms with E-state index in [1.54, 1.807) is 0 Å². The second-order valence-corrected chi connectivity index (χ2v) is 5.54. The van der Waals surface area contributed by atoms with Gasteiger partial charge in [-0.25, -0.2) is 0 Å². The van der Waals surface area contributed by atoms with E-state index in [9.17, 15) is 14.4 Å². The Morgan fingerprint density at radius 1 is 1.10 bits per heavy atom. The first-order valence-electron chi connectivity index (χ1n) is 7.32. The van der Waals surface area contributed by atoms with Crippen molar-refractivity contribution < 1.29 is 14.4 Å². The Bertz CT molecular complexity index is 358. The Balaban J connectivity index is 4.60. The maximum Gasteiger partial charge on any atom is 0.242 e. The van der Waals surface area contributed by atoms with Crippen molar-refractivity contribution in [2.24, 2.45) is 17.4 Å². The summed E-state index contributed by atoms with van der Waals surface area (Å²) in [5.74, 6) is -0.892. The molecule has 0 bridgehead atoms. The molecule has 0 aliphatic rings. The van der Waals surface area contributed by atoms with Gasteiger partial charge in [0.25, 0.3) is 0 Å². The maximum atomic E-state index is 12.0. The van der Waals surface area contributed by atoms with Gasteiger partial charge in [0.1, 0.15) is 11.8 Å². The Kier molecular flexibility index (Phi) is 9.56. The third-order valence-electron chi connectivity index (χ3n) is 3.11. The molecule has 2 unspecified atom stereocenters. The van der Waals surface area contributed by atoms with Crippen molar-refractivity contribution in [1.29, 1.82) is 0 Å². The van der Waals surface area contributed by atoms with E-state index in [0.717, 1.165) is 6.42 Å². The predicted molar refractivity (Wildman–Crippen MR) is 81.3 cm³/mol. The van der Waals surface area contributed by atoms with Crippen molar-refractivity contribution in [1.82, 2.24) is 10.6 Å². The summed E-state index contributed by atoms with van der Waals surface area (Å²) in [5.41, 5.74) is 11.2. The molecule has 7 heteroatoms. The minimum absolute atomic E-state index is 0.0185. The van der Waals surface area contributed by atoms with Gasteiger partial charge >= 0.3 is 0 Å². The van der Waals surface area contributed by atoms with E-state index in [4.69, 9.17) is 11.5 Å². The lowest BCUT2D eigenvalue weighted by Crippen LogP contribution is -2.53. The molecule has 122 valence electrons. The van der Waals surface area contributed by atoms with Crippen LogP contribution in [-0.4, -0.2) is 42.8 Å². The van der Waals surface area contributed by atoms with Gasteiger partial charge in [0.05, 0.1) is 12.6 Å². The van der Waals surface area contributed by atoms with E-state index in [1.807, 2.05) is 13.8 Å². The second-order valence-electron chi connectivity index (χ2n) is 5.54. The summed E-state index contributed by atoms with van der Waals surface area (Å²) < 4.78 is 0.